The molecule has 1 atom stereocenters. The van der Waals surface area contributed by atoms with E-state index in [9.17, 15) is 4.39 Å². The van der Waals surface area contributed by atoms with E-state index in [1.165, 1.54) is 0 Å². The van der Waals surface area contributed by atoms with Gasteiger partial charge in [-0.15, -0.1) is 0 Å². The Morgan fingerprint density at radius 3 is 2.70 bits per heavy atom. The minimum absolute atomic E-state index is 0.0469. The molecule has 0 spiro atoms. The maximum atomic E-state index is 14.7. The highest BCUT2D eigenvalue weighted by atomic mass is 35.5. The fourth-order valence-electron chi connectivity index (χ4n) is 3.25. The minimum atomic E-state index is -0.295. The van der Waals surface area contributed by atoms with Crippen LogP contribution in [0.25, 0.3) is 27.8 Å². The van der Waals surface area contributed by atoms with Crippen LogP contribution in [0.1, 0.15) is 24.1 Å². The number of imidazole rings is 1. The molecule has 136 valence electrons. The van der Waals surface area contributed by atoms with Crippen molar-refractivity contribution in [3.63, 3.8) is 0 Å². The van der Waals surface area contributed by atoms with E-state index in [2.05, 4.69) is 4.98 Å². The van der Waals surface area contributed by atoms with Crippen LogP contribution in [0.5, 0.6) is 0 Å². The van der Waals surface area contributed by atoms with Crippen molar-refractivity contribution in [1.82, 2.24) is 9.55 Å². The third kappa shape index (κ3) is 3.11. The summed E-state index contributed by atoms with van der Waals surface area (Å²) in [6, 6.07) is 17.0. The van der Waals surface area contributed by atoms with Gasteiger partial charge in [-0.05, 0) is 60.9 Å². The molecule has 0 fully saturated rings. The van der Waals surface area contributed by atoms with Gasteiger partial charge in [0.25, 0.3) is 0 Å². The smallest absolute Gasteiger partial charge is 0.135 e. The Bertz CT molecular complexity index is 1150. The van der Waals surface area contributed by atoms with Crippen LogP contribution >= 0.6 is 11.6 Å². The molecular weight excluding hydrogens is 361 g/mol. The van der Waals surface area contributed by atoms with Crippen LogP contribution in [0.15, 0.2) is 60.9 Å². The van der Waals surface area contributed by atoms with Crippen molar-refractivity contribution < 1.29 is 4.39 Å². The molecule has 0 aliphatic heterocycles. The SMILES string of the molecule is Cc1ccc(Cl)c(-c2cccc(-n3cnc4cc([C@@H](C)N)ccc43)c2)c1F. The van der Waals surface area contributed by atoms with Gasteiger partial charge in [-0.3, -0.25) is 4.57 Å². The van der Waals surface area contributed by atoms with Crippen LogP contribution in [-0.2, 0) is 0 Å². The summed E-state index contributed by atoms with van der Waals surface area (Å²) in [5, 5.41) is 0.396. The van der Waals surface area contributed by atoms with E-state index in [0.29, 0.717) is 16.1 Å². The number of fused-ring (bicyclic) bond motifs is 1. The van der Waals surface area contributed by atoms with Gasteiger partial charge in [0.2, 0.25) is 0 Å². The largest absolute Gasteiger partial charge is 0.324 e. The number of rotatable bonds is 3. The zero-order valence-corrected chi connectivity index (χ0v) is 15.8. The first-order valence-corrected chi connectivity index (χ1v) is 9.11. The van der Waals surface area contributed by atoms with Crippen LogP contribution in [0.2, 0.25) is 5.02 Å². The maximum absolute atomic E-state index is 14.7. The number of nitrogens with two attached hydrogens (primary N) is 1. The lowest BCUT2D eigenvalue weighted by atomic mass is 10.0. The molecule has 0 radical (unpaired) electrons. The number of halogens is 2. The average molecular weight is 380 g/mol. The Morgan fingerprint density at radius 1 is 1.11 bits per heavy atom. The predicted molar refractivity (Wildman–Crippen MR) is 109 cm³/mol. The lowest BCUT2D eigenvalue weighted by Gasteiger charge is -2.11. The number of aryl methyl sites for hydroxylation is 1. The number of hydrogen-bond acceptors (Lipinski definition) is 2. The minimum Gasteiger partial charge on any atom is -0.324 e. The molecule has 3 nitrogen and oxygen atoms in total. The quantitative estimate of drug-likeness (QED) is 0.488. The van der Waals surface area contributed by atoms with Crippen molar-refractivity contribution in [2.24, 2.45) is 5.73 Å². The van der Waals surface area contributed by atoms with Crippen LogP contribution in [0.3, 0.4) is 0 Å². The van der Waals surface area contributed by atoms with Crippen LogP contribution in [0.4, 0.5) is 4.39 Å². The Hall–Kier alpha value is -2.69. The summed E-state index contributed by atoms with van der Waals surface area (Å²) in [5.41, 5.74) is 11.4. The first-order valence-electron chi connectivity index (χ1n) is 8.73. The molecular formula is C22H19ClFN3. The van der Waals surface area contributed by atoms with Crippen molar-refractivity contribution in [2.45, 2.75) is 19.9 Å². The van der Waals surface area contributed by atoms with E-state index in [1.807, 2.05) is 54.0 Å². The van der Waals surface area contributed by atoms with E-state index in [-0.39, 0.29) is 11.9 Å². The van der Waals surface area contributed by atoms with Gasteiger partial charge in [0.15, 0.2) is 0 Å². The Labute approximate surface area is 162 Å². The maximum Gasteiger partial charge on any atom is 0.135 e. The summed E-state index contributed by atoms with van der Waals surface area (Å²) < 4.78 is 16.7. The third-order valence-electron chi connectivity index (χ3n) is 4.79. The first kappa shape index (κ1) is 17.7. The van der Waals surface area contributed by atoms with Crippen LogP contribution < -0.4 is 5.73 Å². The summed E-state index contributed by atoms with van der Waals surface area (Å²) in [6.07, 6.45) is 1.77. The lowest BCUT2D eigenvalue weighted by molar-refractivity contribution is 0.622. The van der Waals surface area contributed by atoms with E-state index < -0.39 is 0 Å². The molecule has 3 aromatic carbocycles. The highest BCUT2D eigenvalue weighted by Crippen LogP contribution is 2.33. The van der Waals surface area contributed by atoms with Crippen molar-refractivity contribution in [3.8, 4) is 16.8 Å². The molecule has 0 unspecified atom stereocenters. The normalized spacial score (nSPS) is 12.5. The van der Waals surface area contributed by atoms with Gasteiger partial charge in [-0.25, -0.2) is 9.37 Å². The van der Waals surface area contributed by atoms with Gasteiger partial charge < -0.3 is 5.73 Å². The molecule has 2 N–H and O–H groups in total. The summed E-state index contributed by atoms with van der Waals surface area (Å²) in [4.78, 5) is 4.50. The van der Waals surface area contributed by atoms with E-state index in [0.717, 1.165) is 27.8 Å². The number of benzene rings is 3. The second-order valence-electron chi connectivity index (χ2n) is 6.75. The third-order valence-corrected chi connectivity index (χ3v) is 5.11. The van der Waals surface area contributed by atoms with Crippen molar-refractivity contribution >= 4 is 22.6 Å². The van der Waals surface area contributed by atoms with Crippen molar-refractivity contribution in [1.29, 1.82) is 0 Å². The molecule has 0 bridgehead atoms. The van der Waals surface area contributed by atoms with Gasteiger partial charge in [0.1, 0.15) is 12.1 Å². The Balaban J connectivity index is 1.85. The van der Waals surface area contributed by atoms with Crippen LogP contribution in [-0.4, -0.2) is 9.55 Å². The lowest BCUT2D eigenvalue weighted by Crippen LogP contribution is -2.04. The molecule has 27 heavy (non-hydrogen) atoms. The molecule has 0 saturated heterocycles. The van der Waals surface area contributed by atoms with Gasteiger partial charge in [0.05, 0.1) is 16.1 Å². The van der Waals surface area contributed by atoms with Gasteiger partial charge in [-0.2, -0.15) is 0 Å². The topological polar surface area (TPSA) is 43.8 Å². The molecule has 5 heteroatoms. The van der Waals surface area contributed by atoms with Crippen LogP contribution in [0, 0.1) is 12.7 Å². The number of nitrogens with zero attached hydrogens (tertiary/aromatic N) is 2. The van der Waals surface area contributed by atoms with Gasteiger partial charge in [-0.1, -0.05) is 35.9 Å². The molecule has 4 rings (SSSR count). The Morgan fingerprint density at radius 2 is 1.93 bits per heavy atom. The molecule has 0 aliphatic rings. The summed E-state index contributed by atoms with van der Waals surface area (Å²) >= 11 is 6.28. The molecule has 1 heterocycles. The molecule has 0 aliphatic carbocycles. The number of aromatic nitrogens is 2. The standard InChI is InChI=1S/C22H19ClFN3/c1-13-6-8-18(23)21(22(13)24)16-4-3-5-17(10-16)27-12-26-19-11-15(14(2)25)7-9-20(19)27/h3-12,14H,25H2,1-2H3/t14-/m1/s1. The van der Waals surface area contributed by atoms with E-state index in [4.69, 9.17) is 17.3 Å². The predicted octanol–water partition coefficient (Wildman–Crippen LogP) is 5.81. The molecule has 4 aromatic rings. The van der Waals surface area contributed by atoms with Gasteiger partial charge >= 0.3 is 0 Å². The molecule has 0 amide bonds. The van der Waals surface area contributed by atoms with E-state index in [1.54, 1.807) is 25.4 Å². The Kier molecular flexibility index (Phi) is 4.46. The fraction of sp³-hybridized carbons (Fsp3) is 0.136. The monoisotopic (exact) mass is 379 g/mol. The summed E-state index contributed by atoms with van der Waals surface area (Å²) in [6.45, 7) is 3.68. The second kappa shape index (κ2) is 6.80. The van der Waals surface area contributed by atoms with Gasteiger partial charge in [0, 0.05) is 17.3 Å². The van der Waals surface area contributed by atoms with E-state index >= 15 is 0 Å². The number of hydrogen-bond donors (Lipinski definition) is 1. The zero-order valence-electron chi connectivity index (χ0n) is 15.1. The first-order chi connectivity index (χ1) is 13.0. The highest BCUT2D eigenvalue weighted by Gasteiger charge is 2.14. The van der Waals surface area contributed by atoms with Crippen molar-refractivity contribution in [3.05, 3.63) is 82.9 Å². The molecule has 1 aromatic heterocycles. The average Bonchev–Trinajstić information content (AvgIpc) is 3.08. The summed E-state index contributed by atoms with van der Waals surface area (Å²) in [5.74, 6) is -0.295. The second-order valence-corrected chi connectivity index (χ2v) is 7.16. The highest BCUT2D eigenvalue weighted by molar-refractivity contribution is 6.33. The fourth-order valence-corrected chi connectivity index (χ4v) is 3.51. The zero-order chi connectivity index (χ0) is 19.1. The summed E-state index contributed by atoms with van der Waals surface area (Å²) in [7, 11) is 0. The van der Waals surface area contributed by atoms with Crippen molar-refractivity contribution in [2.75, 3.05) is 0 Å². The molecule has 0 saturated carbocycles.